The van der Waals surface area contributed by atoms with E-state index >= 15 is 0 Å². The van der Waals surface area contributed by atoms with Crippen molar-refractivity contribution in [2.24, 2.45) is 11.7 Å². The van der Waals surface area contributed by atoms with Gasteiger partial charge in [-0.2, -0.15) is 0 Å². The summed E-state index contributed by atoms with van der Waals surface area (Å²) in [4.78, 5) is 58.8. The van der Waals surface area contributed by atoms with Gasteiger partial charge in [0.2, 0.25) is 17.7 Å². The molecule has 13 heteroatoms. The molecular formula is C30H38N6O7. The Hall–Kier alpha value is -4.91. The fourth-order valence-electron chi connectivity index (χ4n) is 4.37. The van der Waals surface area contributed by atoms with Crippen LogP contribution >= 0.6 is 0 Å². The molecule has 0 aliphatic carbocycles. The molecule has 0 bridgehead atoms. The first-order chi connectivity index (χ1) is 20.5. The lowest BCUT2D eigenvalue weighted by Gasteiger charge is -2.28. The molecule has 5 unspecified atom stereocenters. The number of nitrogens with one attached hydrogen (secondary N) is 4. The number of hydrogen-bond donors (Lipinski definition) is 8. The third kappa shape index (κ3) is 9.85. The number of benzene rings is 2. The third-order valence-electron chi connectivity index (χ3n) is 7.12. The molecule has 3 amide bonds. The van der Waals surface area contributed by atoms with Gasteiger partial charge >= 0.3 is 5.97 Å². The molecule has 0 aliphatic heterocycles. The van der Waals surface area contributed by atoms with E-state index in [2.05, 4.69) is 25.9 Å². The average Bonchev–Trinajstić information content (AvgIpc) is 3.49. The molecule has 5 atom stereocenters. The van der Waals surface area contributed by atoms with Crippen LogP contribution < -0.4 is 21.7 Å². The summed E-state index contributed by atoms with van der Waals surface area (Å²) in [6.45, 7) is 3.63. The van der Waals surface area contributed by atoms with E-state index in [1.165, 1.54) is 30.6 Å². The fraction of sp³-hybridized carbons (Fsp3) is 0.367. The summed E-state index contributed by atoms with van der Waals surface area (Å²) >= 11 is 0. The molecule has 0 saturated carbocycles. The number of carboxylic acids is 1. The Bertz CT molecular complexity index is 1360. The van der Waals surface area contributed by atoms with Crippen LogP contribution in [0.3, 0.4) is 0 Å². The summed E-state index contributed by atoms with van der Waals surface area (Å²) < 4.78 is 0. The number of aromatic nitrogens is 2. The second-order valence-corrected chi connectivity index (χ2v) is 10.5. The van der Waals surface area contributed by atoms with Gasteiger partial charge in [0.15, 0.2) is 0 Å². The van der Waals surface area contributed by atoms with Crippen molar-refractivity contribution in [2.75, 3.05) is 0 Å². The molecular weight excluding hydrogens is 556 g/mol. The van der Waals surface area contributed by atoms with Crippen LogP contribution in [0, 0.1) is 5.92 Å². The van der Waals surface area contributed by atoms with Crippen molar-refractivity contribution in [3.63, 3.8) is 0 Å². The first-order valence-electron chi connectivity index (χ1n) is 13.9. The molecule has 3 aromatic rings. The standard InChI is InChI=1S/C30H38N6O7/c1-3-17(2)26(36-27(39)23(31)14-20-15-32-16-33-20)29(41)34-24(12-18-4-8-21(37)9-5-18)28(40)35-25(30(42)43)13-19-6-10-22(38)11-7-19/h4-11,15-17,23-26,37-38H,3,12-14,31H2,1-2H3,(H,32,33)(H,34,41)(H,35,40)(H,36,39)(H,42,43). The van der Waals surface area contributed by atoms with E-state index < -0.39 is 47.9 Å². The molecule has 2 aromatic carbocycles. The lowest BCUT2D eigenvalue weighted by molar-refractivity contribution is -0.142. The molecule has 0 saturated heterocycles. The predicted octanol–water partition coefficient (Wildman–Crippen LogP) is 0.761. The maximum atomic E-state index is 13.6. The number of amides is 3. The van der Waals surface area contributed by atoms with Crippen LogP contribution in [0.2, 0.25) is 0 Å². The van der Waals surface area contributed by atoms with Crippen LogP contribution in [-0.4, -0.2) is 73.1 Å². The maximum Gasteiger partial charge on any atom is 0.326 e. The number of imidazole rings is 1. The third-order valence-corrected chi connectivity index (χ3v) is 7.12. The zero-order chi connectivity index (χ0) is 31.5. The number of aromatic amines is 1. The Morgan fingerprint density at radius 1 is 0.814 bits per heavy atom. The Morgan fingerprint density at radius 3 is 1.84 bits per heavy atom. The summed E-state index contributed by atoms with van der Waals surface area (Å²) in [7, 11) is 0. The SMILES string of the molecule is CCC(C)C(NC(=O)C(N)Cc1cnc[nH]1)C(=O)NC(Cc1ccc(O)cc1)C(=O)NC(Cc1ccc(O)cc1)C(=O)O. The molecule has 1 aromatic heterocycles. The maximum absolute atomic E-state index is 13.6. The minimum Gasteiger partial charge on any atom is -0.508 e. The highest BCUT2D eigenvalue weighted by molar-refractivity contribution is 5.94. The molecule has 0 fully saturated rings. The number of carboxylic acid groups (broad SMARTS) is 1. The highest BCUT2D eigenvalue weighted by atomic mass is 16.4. The summed E-state index contributed by atoms with van der Waals surface area (Å²) in [5.41, 5.74) is 7.88. The van der Waals surface area contributed by atoms with Crippen LogP contribution in [0.4, 0.5) is 0 Å². The van der Waals surface area contributed by atoms with Gasteiger partial charge in [0.25, 0.3) is 0 Å². The molecule has 1 heterocycles. The Balaban J connectivity index is 1.79. The van der Waals surface area contributed by atoms with Gasteiger partial charge in [-0.05, 0) is 41.3 Å². The van der Waals surface area contributed by atoms with Gasteiger partial charge in [0.1, 0.15) is 29.6 Å². The van der Waals surface area contributed by atoms with E-state index in [-0.39, 0.29) is 36.7 Å². The summed E-state index contributed by atoms with van der Waals surface area (Å²) in [5.74, 6) is -3.54. The molecule has 230 valence electrons. The van der Waals surface area contributed by atoms with Gasteiger partial charge < -0.3 is 42.0 Å². The molecule has 0 radical (unpaired) electrons. The highest BCUT2D eigenvalue weighted by Gasteiger charge is 2.33. The zero-order valence-electron chi connectivity index (χ0n) is 24.0. The largest absolute Gasteiger partial charge is 0.508 e. The lowest BCUT2D eigenvalue weighted by Crippen LogP contribution is -2.59. The molecule has 0 aliphatic rings. The van der Waals surface area contributed by atoms with E-state index in [4.69, 9.17) is 5.73 Å². The molecule has 13 nitrogen and oxygen atoms in total. The Kier molecular flexibility index (Phi) is 11.6. The van der Waals surface area contributed by atoms with E-state index in [0.717, 1.165) is 0 Å². The number of carbonyl (C=O) groups is 4. The van der Waals surface area contributed by atoms with Crippen molar-refractivity contribution in [1.82, 2.24) is 25.9 Å². The molecule has 43 heavy (non-hydrogen) atoms. The predicted molar refractivity (Wildman–Crippen MR) is 157 cm³/mol. The summed E-state index contributed by atoms with van der Waals surface area (Å²) in [6.07, 6.45) is 3.62. The summed E-state index contributed by atoms with van der Waals surface area (Å²) in [6, 6.07) is 7.38. The molecule has 9 N–H and O–H groups in total. The van der Waals surface area contributed by atoms with E-state index in [0.29, 0.717) is 23.2 Å². The van der Waals surface area contributed by atoms with Gasteiger partial charge in [-0.15, -0.1) is 0 Å². The first kappa shape index (κ1) is 32.6. The number of H-pyrrole nitrogens is 1. The second-order valence-electron chi connectivity index (χ2n) is 10.5. The lowest BCUT2D eigenvalue weighted by atomic mass is 9.96. The number of nitrogens with zero attached hydrogens (tertiary/aromatic N) is 1. The minimum absolute atomic E-state index is 0.0136. The molecule has 0 spiro atoms. The first-order valence-corrected chi connectivity index (χ1v) is 13.9. The van der Waals surface area contributed by atoms with Crippen molar-refractivity contribution in [3.8, 4) is 11.5 Å². The van der Waals surface area contributed by atoms with Gasteiger partial charge in [0, 0.05) is 31.2 Å². The van der Waals surface area contributed by atoms with E-state index in [1.54, 1.807) is 37.4 Å². The number of phenolic OH excluding ortho intramolecular Hbond substituents is 2. The van der Waals surface area contributed by atoms with Gasteiger partial charge in [-0.3, -0.25) is 14.4 Å². The number of aromatic hydroxyl groups is 2. The average molecular weight is 595 g/mol. The van der Waals surface area contributed by atoms with Crippen molar-refractivity contribution >= 4 is 23.7 Å². The topological polar surface area (TPSA) is 220 Å². The number of rotatable bonds is 15. The van der Waals surface area contributed by atoms with Crippen LogP contribution in [-0.2, 0) is 38.4 Å². The number of aliphatic carboxylic acids is 1. The monoisotopic (exact) mass is 594 g/mol. The van der Waals surface area contributed by atoms with Crippen molar-refractivity contribution in [3.05, 3.63) is 77.9 Å². The van der Waals surface area contributed by atoms with Gasteiger partial charge in [-0.25, -0.2) is 9.78 Å². The van der Waals surface area contributed by atoms with Crippen LogP contribution in [0.1, 0.15) is 37.1 Å². The number of carbonyl (C=O) groups excluding carboxylic acids is 3. The quantitative estimate of drug-likeness (QED) is 0.124. The fourth-order valence-corrected chi connectivity index (χ4v) is 4.37. The summed E-state index contributed by atoms with van der Waals surface area (Å²) in [5, 5.41) is 36.9. The van der Waals surface area contributed by atoms with Crippen LogP contribution in [0.5, 0.6) is 11.5 Å². The van der Waals surface area contributed by atoms with Crippen LogP contribution in [0.15, 0.2) is 61.1 Å². The number of hydrogen-bond acceptors (Lipinski definition) is 8. The second kappa shape index (κ2) is 15.4. The number of phenols is 2. The van der Waals surface area contributed by atoms with Crippen molar-refractivity contribution in [2.45, 2.75) is 63.7 Å². The normalized spacial score (nSPS) is 14.5. The zero-order valence-corrected chi connectivity index (χ0v) is 24.0. The number of nitrogens with two attached hydrogens (primary N) is 1. The molecule has 3 rings (SSSR count). The smallest absolute Gasteiger partial charge is 0.326 e. The van der Waals surface area contributed by atoms with Crippen molar-refractivity contribution < 1.29 is 34.5 Å². The highest BCUT2D eigenvalue weighted by Crippen LogP contribution is 2.15. The van der Waals surface area contributed by atoms with Crippen LogP contribution in [0.25, 0.3) is 0 Å². The van der Waals surface area contributed by atoms with E-state index in [1.807, 2.05) is 6.92 Å². The minimum atomic E-state index is -1.33. The van der Waals surface area contributed by atoms with E-state index in [9.17, 15) is 34.5 Å². The van der Waals surface area contributed by atoms with Gasteiger partial charge in [-0.1, -0.05) is 44.5 Å². The van der Waals surface area contributed by atoms with Gasteiger partial charge in [0.05, 0.1) is 12.4 Å². The Labute approximate surface area is 248 Å². The Morgan fingerprint density at radius 2 is 1.35 bits per heavy atom. The van der Waals surface area contributed by atoms with Crippen molar-refractivity contribution in [1.29, 1.82) is 0 Å².